The van der Waals surface area contributed by atoms with E-state index in [1.807, 2.05) is 11.8 Å². The lowest BCUT2D eigenvalue weighted by molar-refractivity contribution is 1.02. The number of rotatable bonds is 3. The van der Waals surface area contributed by atoms with Crippen molar-refractivity contribution in [1.29, 1.82) is 0 Å². The smallest absolute Gasteiger partial charge is 0.0275 e. The summed E-state index contributed by atoms with van der Waals surface area (Å²) in [5.41, 5.74) is 1.42. The second kappa shape index (κ2) is 5.22. The predicted octanol–water partition coefficient (Wildman–Crippen LogP) is 4.37. The van der Waals surface area contributed by atoms with Crippen molar-refractivity contribution in [2.45, 2.75) is 23.8 Å². The summed E-state index contributed by atoms with van der Waals surface area (Å²) < 4.78 is 0. The Bertz CT molecular complexity index is 351. The largest absolute Gasteiger partial charge is 0.146 e. The summed E-state index contributed by atoms with van der Waals surface area (Å²) >= 11 is 2.04. The van der Waals surface area contributed by atoms with Crippen molar-refractivity contribution in [3.8, 4) is 0 Å². The standard InChI is InChI=1S/C14H16S/c1-12(13-8-4-2-5-9-13)15-14-10-6-3-7-11-14/h2-10,12,14H,11H2,1H3/t12?,14-/m0/s1. The van der Waals surface area contributed by atoms with Gasteiger partial charge >= 0.3 is 0 Å². The Morgan fingerprint density at radius 3 is 2.67 bits per heavy atom. The molecule has 0 heterocycles. The number of hydrogen-bond acceptors (Lipinski definition) is 1. The molecule has 0 nitrogen and oxygen atoms in total. The van der Waals surface area contributed by atoms with Gasteiger partial charge in [0.05, 0.1) is 0 Å². The van der Waals surface area contributed by atoms with Crippen molar-refractivity contribution in [2.24, 2.45) is 0 Å². The molecule has 0 aromatic heterocycles. The zero-order chi connectivity index (χ0) is 10.5. The summed E-state index contributed by atoms with van der Waals surface area (Å²) in [7, 11) is 0. The number of allylic oxidation sites excluding steroid dienone is 3. The first kappa shape index (κ1) is 10.6. The van der Waals surface area contributed by atoms with E-state index < -0.39 is 0 Å². The highest BCUT2D eigenvalue weighted by Gasteiger charge is 2.12. The molecule has 0 spiro atoms. The Labute approximate surface area is 96.1 Å². The summed E-state index contributed by atoms with van der Waals surface area (Å²) in [6.45, 7) is 2.28. The van der Waals surface area contributed by atoms with Crippen LogP contribution in [0.15, 0.2) is 54.6 Å². The van der Waals surface area contributed by atoms with Gasteiger partial charge in [-0.2, -0.15) is 0 Å². The molecule has 1 aromatic carbocycles. The van der Waals surface area contributed by atoms with Crippen molar-refractivity contribution < 1.29 is 0 Å². The van der Waals surface area contributed by atoms with Gasteiger partial charge in [-0.1, -0.05) is 54.6 Å². The summed E-state index contributed by atoms with van der Waals surface area (Å²) in [5.74, 6) is 0. The van der Waals surface area contributed by atoms with E-state index in [-0.39, 0.29) is 0 Å². The molecule has 0 radical (unpaired) electrons. The quantitative estimate of drug-likeness (QED) is 0.723. The van der Waals surface area contributed by atoms with Crippen LogP contribution in [0.5, 0.6) is 0 Å². The van der Waals surface area contributed by atoms with E-state index in [0.717, 1.165) is 0 Å². The Hall–Kier alpha value is -0.950. The molecule has 78 valence electrons. The average Bonchev–Trinajstić information content (AvgIpc) is 2.31. The predicted molar refractivity (Wildman–Crippen MR) is 69.1 cm³/mol. The maximum Gasteiger partial charge on any atom is 0.0275 e. The van der Waals surface area contributed by atoms with Crippen LogP contribution < -0.4 is 0 Å². The van der Waals surface area contributed by atoms with Gasteiger partial charge in [0.2, 0.25) is 0 Å². The molecule has 1 aliphatic rings. The summed E-state index contributed by atoms with van der Waals surface area (Å²) in [4.78, 5) is 0. The van der Waals surface area contributed by atoms with E-state index in [0.29, 0.717) is 10.5 Å². The number of hydrogen-bond donors (Lipinski definition) is 0. The van der Waals surface area contributed by atoms with Gasteiger partial charge in [0, 0.05) is 10.5 Å². The molecule has 0 saturated carbocycles. The van der Waals surface area contributed by atoms with Gasteiger partial charge in [0.25, 0.3) is 0 Å². The van der Waals surface area contributed by atoms with Gasteiger partial charge in [-0.15, -0.1) is 11.8 Å². The van der Waals surface area contributed by atoms with E-state index in [9.17, 15) is 0 Å². The zero-order valence-electron chi connectivity index (χ0n) is 8.97. The summed E-state index contributed by atoms with van der Waals surface area (Å²) in [5, 5.41) is 1.22. The molecule has 0 bridgehead atoms. The van der Waals surface area contributed by atoms with Crippen molar-refractivity contribution >= 4 is 11.8 Å². The lowest BCUT2D eigenvalue weighted by atomic mass is 10.2. The van der Waals surface area contributed by atoms with Crippen molar-refractivity contribution in [3.63, 3.8) is 0 Å². The molecule has 0 N–H and O–H groups in total. The Morgan fingerprint density at radius 1 is 1.20 bits per heavy atom. The monoisotopic (exact) mass is 216 g/mol. The van der Waals surface area contributed by atoms with Gasteiger partial charge in [-0.3, -0.25) is 0 Å². The molecule has 1 aromatic rings. The van der Waals surface area contributed by atoms with E-state index in [1.165, 1.54) is 12.0 Å². The van der Waals surface area contributed by atoms with Gasteiger partial charge in [0.15, 0.2) is 0 Å². The van der Waals surface area contributed by atoms with Gasteiger partial charge in [0.1, 0.15) is 0 Å². The fourth-order valence-corrected chi connectivity index (χ4v) is 2.97. The van der Waals surface area contributed by atoms with Crippen molar-refractivity contribution in [1.82, 2.24) is 0 Å². The van der Waals surface area contributed by atoms with Crippen LogP contribution in [-0.2, 0) is 0 Å². The fraction of sp³-hybridized carbons (Fsp3) is 0.286. The minimum absolute atomic E-state index is 0.576. The van der Waals surface area contributed by atoms with E-state index >= 15 is 0 Å². The second-order valence-electron chi connectivity index (χ2n) is 3.78. The van der Waals surface area contributed by atoms with Crippen LogP contribution in [0.2, 0.25) is 0 Å². The lowest BCUT2D eigenvalue weighted by Gasteiger charge is -2.18. The molecule has 0 aliphatic heterocycles. The second-order valence-corrected chi connectivity index (χ2v) is 5.36. The van der Waals surface area contributed by atoms with Gasteiger partial charge < -0.3 is 0 Å². The maximum absolute atomic E-state index is 2.30. The lowest BCUT2D eigenvalue weighted by Crippen LogP contribution is -2.02. The molecule has 2 atom stereocenters. The van der Waals surface area contributed by atoms with Gasteiger partial charge in [-0.05, 0) is 18.9 Å². The first-order valence-electron chi connectivity index (χ1n) is 5.40. The molecule has 1 unspecified atom stereocenters. The normalized spacial score (nSPS) is 21.5. The first-order chi connectivity index (χ1) is 7.36. The average molecular weight is 216 g/mol. The minimum atomic E-state index is 0.576. The van der Waals surface area contributed by atoms with Crippen LogP contribution in [0.1, 0.15) is 24.2 Å². The Kier molecular flexibility index (Phi) is 3.68. The molecule has 1 heteroatoms. The molecule has 1 aliphatic carbocycles. The summed E-state index contributed by atoms with van der Waals surface area (Å²) in [6.07, 6.45) is 9.99. The molecule has 0 fully saturated rings. The molecule has 0 amide bonds. The topological polar surface area (TPSA) is 0 Å². The molecular formula is C14H16S. The van der Waals surface area contributed by atoms with Crippen LogP contribution in [0.25, 0.3) is 0 Å². The van der Waals surface area contributed by atoms with Crippen molar-refractivity contribution in [3.05, 3.63) is 60.2 Å². The molecule has 0 saturated heterocycles. The maximum atomic E-state index is 2.30. The molecule has 15 heavy (non-hydrogen) atoms. The van der Waals surface area contributed by atoms with Crippen LogP contribution in [0.4, 0.5) is 0 Å². The van der Waals surface area contributed by atoms with Crippen LogP contribution in [0, 0.1) is 0 Å². The van der Waals surface area contributed by atoms with E-state index in [2.05, 4.69) is 61.6 Å². The number of thioether (sulfide) groups is 1. The van der Waals surface area contributed by atoms with E-state index in [4.69, 9.17) is 0 Å². The first-order valence-corrected chi connectivity index (χ1v) is 6.34. The minimum Gasteiger partial charge on any atom is -0.146 e. The molecule has 2 rings (SSSR count). The van der Waals surface area contributed by atoms with Crippen LogP contribution >= 0.6 is 11.8 Å². The Balaban J connectivity index is 1.95. The molecular weight excluding hydrogens is 200 g/mol. The van der Waals surface area contributed by atoms with Crippen LogP contribution in [0.3, 0.4) is 0 Å². The van der Waals surface area contributed by atoms with Crippen molar-refractivity contribution in [2.75, 3.05) is 0 Å². The Morgan fingerprint density at radius 2 is 2.00 bits per heavy atom. The number of benzene rings is 1. The highest BCUT2D eigenvalue weighted by molar-refractivity contribution is 8.00. The third-order valence-electron chi connectivity index (χ3n) is 2.59. The highest BCUT2D eigenvalue weighted by Crippen LogP contribution is 2.34. The third kappa shape index (κ3) is 3.00. The van der Waals surface area contributed by atoms with Gasteiger partial charge in [-0.25, -0.2) is 0 Å². The van der Waals surface area contributed by atoms with E-state index in [1.54, 1.807) is 0 Å². The SMILES string of the molecule is CC(S[C@H]1C=CC=CC1)c1ccccc1. The third-order valence-corrected chi connectivity index (χ3v) is 3.97. The highest BCUT2D eigenvalue weighted by atomic mass is 32.2. The summed E-state index contributed by atoms with van der Waals surface area (Å²) in [6, 6.07) is 10.7. The van der Waals surface area contributed by atoms with Crippen LogP contribution in [-0.4, -0.2) is 5.25 Å². The fourth-order valence-electron chi connectivity index (χ4n) is 1.72. The zero-order valence-corrected chi connectivity index (χ0v) is 9.78.